The summed E-state index contributed by atoms with van der Waals surface area (Å²) >= 11 is 0. The zero-order valence-electron chi connectivity index (χ0n) is 4.92. The second-order valence-corrected chi connectivity index (χ2v) is 2.30. The highest BCUT2D eigenvalue weighted by atomic mass is 16.4. The molecule has 1 fully saturated rings. The summed E-state index contributed by atoms with van der Waals surface area (Å²) in [6, 6.07) is 0. The van der Waals surface area contributed by atoms with Crippen molar-refractivity contribution >= 4 is 11.8 Å². The van der Waals surface area contributed by atoms with Crippen LogP contribution in [-0.2, 0) is 9.59 Å². The van der Waals surface area contributed by atoms with E-state index in [9.17, 15) is 14.7 Å². The van der Waals surface area contributed by atoms with Crippen molar-refractivity contribution in [1.29, 1.82) is 0 Å². The number of Topliss-reactive ketones (excluding diaryl/α,β-unsaturated/α-hetero) is 1. The van der Waals surface area contributed by atoms with Crippen LogP contribution in [0, 0.1) is 5.92 Å². The maximum Gasteiger partial charge on any atom is 0.133 e. The van der Waals surface area contributed by atoms with Gasteiger partial charge in [0, 0.05) is 24.7 Å². The number of carbonyl (C=O) groups excluding carboxylic acids is 2. The maximum atomic E-state index is 10.5. The molecule has 0 aromatic heterocycles. The number of rotatable bonds is 1. The molecule has 0 aliphatic heterocycles. The Kier molecular flexibility index (Phi) is 1.51. The van der Waals surface area contributed by atoms with E-state index >= 15 is 0 Å². The third kappa shape index (κ3) is 1.28. The van der Waals surface area contributed by atoms with E-state index in [0.717, 1.165) is 0 Å². The Labute approximate surface area is 52.7 Å². The van der Waals surface area contributed by atoms with Gasteiger partial charge in [0.1, 0.15) is 5.78 Å². The van der Waals surface area contributed by atoms with Crippen LogP contribution < -0.4 is 5.11 Å². The van der Waals surface area contributed by atoms with Crippen LogP contribution in [0.25, 0.3) is 0 Å². The smallest absolute Gasteiger partial charge is 0.133 e. The van der Waals surface area contributed by atoms with E-state index in [4.69, 9.17) is 0 Å². The molecule has 1 rings (SSSR count). The standard InChI is InChI=1S/C6H8O3/c7-5-2-1-4(3-5)6(8)9/h4H,1-3H2,(H,8,9)/p-1/t4-/m1/s1. The Morgan fingerprint density at radius 1 is 1.67 bits per heavy atom. The van der Waals surface area contributed by atoms with Crippen molar-refractivity contribution in [3.63, 3.8) is 0 Å². The molecule has 0 N–H and O–H groups in total. The highest BCUT2D eigenvalue weighted by Gasteiger charge is 2.22. The zero-order chi connectivity index (χ0) is 6.85. The van der Waals surface area contributed by atoms with Gasteiger partial charge in [-0.15, -0.1) is 0 Å². The van der Waals surface area contributed by atoms with Gasteiger partial charge in [-0.1, -0.05) is 0 Å². The minimum atomic E-state index is -1.08. The van der Waals surface area contributed by atoms with Crippen LogP contribution in [0.15, 0.2) is 0 Å². The van der Waals surface area contributed by atoms with Gasteiger partial charge in [0.25, 0.3) is 0 Å². The van der Waals surface area contributed by atoms with Crippen LogP contribution in [0.5, 0.6) is 0 Å². The van der Waals surface area contributed by atoms with Crippen molar-refractivity contribution in [2.45, 2.75) is 19.3 Å². The molecule has 0 saturated heterocycles. The summed E-state index contributed by atoms with van der Waals surface area (Å²) in [5.74, 6) is -1.54. The quantitative estimate of drug-likeness (QED) is 0.459. The average molecular weight is 127 g/mol. The molecule has 3 heteroatoms. The monoisotopic (exact) mass is 127 g/mol. The first-order valence-corrected chi connectivity index (χ1v) is 2.92. The fourth-order valence-electron chi connectivity index (χ4n) is 1.02. The van der Waals surface area contributed by atoms with Crippen molar-refractivity contribution in [1.82, 2.24) is 0 Å². The van der Waals surface area contributed by atoms with E-state index in [1.165, 1.54) is 0 Å². The van der Waals surface area contributed by atoms with Crippen LogP contribution in [0.1, 0.15) is 19.3 Å². The highest BCUT2D eigenvalue weighted by Crippen LogP contribution is 2.20. The third-order valence-electron chi connectivity index (χ3n) is 1.58. The molecule has 0 radical (unpaired) electrons. The molecule has 1 atom stereocenters. The molecule has 1 saturated carbocycles. The molecule has 0 amide bonds. The lowest BCUT2D eigenvalue weighted by molar-refractivity contribution is -0.311. The molecule has 50 valence electrons. The molecule has 0 heterocycles. The number of carbonyl (C=O) groups is 2. The molecule has 0 spiro atoms. The van der Waals surface area contributed by atoms with Gasteiger partial charge in [0.15, 0.2) is 0 Å². The Bertz CT molecular complexity index is 150. The van der Waals surface area contributed by atoms with Gasteiger partial charge in [-0.25, -0.2) is 0 Å². The van der Waals surface area contributed by atoms with Crippen molar-refractivity contribution in [2.75, 3.05) is 0 Å². The number of hydrogen-bond acceptors (Lipinski definition) is 3. The lowest BCUT2D eigenvalue weighted by atomic mass is 10.1. The number of aliphatic carboxylic acids is 1. The molecule has 0 unspecified atom stereocenters. The van der Waals surface area contributed by atoms with Gasteiger partial charge in [0.2, 0.25) is 0 Å². The minimum Gasteiger partial charge on any atom is -0.550 e. The fraction of sp³-hybridized carbons (Fsp3) is 0.667. The highest BCUT2D eigenvalue weighted by molar-refractivity contribution is 5.86. The van der Waals surface area contributed by atoms with Crippen molar-refractivity contribution in [2.24, 2.45) is 5.92 Å². The van der Waals surface area contributed by atoms with Crippen LogP contribution in [0.2, 0.25) is 0 Å². The normalized spacial score (nSPS) is 26.7. The second-order valence-electron chi connectivity index (χ2n) is 2.30. The minimum absolute atomic E-state index is 0.0456. The largest absolute Gasteiger partial charge is 0.550 e. The molecular formula is C6H7O3-. The lowest BCUT2D eigenvalue weighted by Crippen LogP contribution is -2.29. The van der Waals surface area contributed by atoms with E-state index < -0.39 is 11.9 Å². The number of carboxylic acids is 1. The molecular weight excluding hydrogens is 120 g/mol. The number of carboxylic acid groups (broad SMARTS) is 1. The van der Waals surface area contributed by atoms with Crippen LogP contribution >= 0.6 is 0 Å². The van der Waals surface area contributed by atoms with E-state index in [1.54, 1.807) is 0 Å². The molecule has 3 nitrogen and oxygen atoms in total. The van der Waals surface area contributed by atoms with Crippen molar-refractivity contribution in [3.8, 4) is 0 Å². The van der Waals surface area contributed by atoms with Crippen molar-refractivity contribution < 1.29 is 14.7 Å². The van der Waals surface area contributed by atoms with Gasteiger partial charge in [-0.05, 0) is 6.42 Å². The fourth-order valence-corrected chi connectivity index (χ4v) is 1.02. The first-order chi connectivity index (χ1) is 4.20. The third-order valence-corrected chi connectivity index (χ3v) is 1.58. The van der Waals surface area contributed by atoms with Gasteiger partial charge >= 0.3 is 0 Å². The first-order valence-electron chi connectivity index (χ1n) is 2.92. The van der Waals surface area contributed by atoms with Gasteiger partial charge < -0.3 is 9.90 Å². The summed E-state index contributed by atoms with van der Waals surface area (Å²) in [5.41, 5.74) is 0. The summed E-state index contributed by atoms with van der Waals surface area (Å²) in [6.45, 7) is 0. The summed E-state index contributed by atoms with van der Waals surface area (Å²) < 4.78 is 0. The van der Waals surface area contributed by atoms with Gasteiger partial charge in [-0.2, -0.15) is 0 Å². The molecule has 1 aliphatic rings. The van der Waals surface area contributed by atoms with E-state index in [-0.39, 0.29) is 12.2 Å². The zero-order valence-corrected chi connectivity index (χ0v) is 4.92. The topological polar surface area (TPSA) is 57.2 Å². The SMILES string of the molecule is O=C1CC[C@@H](C(=O)[O-])C1. The summed E-state index contributed by atoms with van der Waals surface area (Å²) in [7, 11) is 0. The molecule has 9 heavy (non-hydrogen) atoms. The lowest BCUT2D eigenvalue weighted by Gasteiger charge is -2.06. The number of ketones is 1. The number of hydrogen-bond donors (Lipinski definition) is 0. The Balaban J connectivity index is 2.48. The molecule has 0 bridgehead atoms. The van der Waals surface area contributed by atoms with E-state index in [0.29, 0.717) is 12.8 Å². The molecule has 0 aromatic rings. The van der Waals surface area contributed by atoms with Crippen molar-refractivity contribution in [3.05, 3.63) is 0 Å². The Morgan fingerprint density at radius 3 is 2.56 bits per heavy atom. The van der Waals surface area contributed by atoms with Gasteiger partial charge in [0.05, 0.1) is 0 Å². The van der Waals surface area contributed by atoms with Crippen LogP contribution in [0.3, 0.4) is 0 Å². The Hall–Kier alpha value is -0.860. The summed E-state index contributed by atoms with van der Waals surface area (Å²) in [4.78, 5) is 20.6. The van der Waals surface area contributed by atoms with E-state index in [1.807, 2.05) is 0 Å². The first kappa shape index (κ1) is 6.26. The molecule has 1 aliphatic carbocycles. The van der Waals surface area contributed by atoms with Crippen LogP contribution in [0.4, 0.5) is 0 Å². The van der Waals surface area contributed by atoms with Crippen LogP contribution in [-0.4, -0.2) is 11.8 Å². The summed E-state index contributed by atoms with van der Waals surface area (Å²) in [6.07, 6.45) is 1.07. The van der Waals surface area contributed by atoms with E-state index in [2.05, 4.69) is 0 Å². The average Bonchev–Trinajstić information content (AvgIpc) is 2.14. The molecule has 0 aromatic carbocycles. The Morgan fingerprint density at radius 2 is 2.33 bits per heavy atom. The predicted molar refractivity (Wildman–Crippen MR) is 27.4 cm³/mol. The predicted octanol–water partition coefficient (Wildman–Crippen LogP) is -0.895. The maximum absolute atomic E-state index is 10.5. The second kappa shape index (κ2) is 2.17. The summed E-state index contributed by atoms with van der Waals surface area (Å²) in [5, 5.41) is 10.1. The van der Waals surface area contributed by atoms with Gasteiger partial charge in [-0.3, -0.25) is 4.79 Å².